The molecule has 6 aromatic rings. The summed E-state index contributed by atoms with van der Waals surface area (Å²) in [6.45, 7) is 7.80. The van der Waals surface area contributed by atoms with Gasteiger partial charge in [0.05, 0.1) is 41.9 Å². The topological polar surface area (TPSA) is 38.7 Å². The van der Waals surface area contributed by atoms with E-state index in [4.69, 9.17) is 33.2 Å². The number of fused-ring (bicyclic) bond motifs is 2. The lowest BCUT2D eigenvalue weighted by Crippen LogP contribution is -2.46. The monoisotopic (exact) mass is 658 g/mol. The Kier molecular flexibility index (Phi) is 8.75. The molecular formula is C34H32Cl2N6S2. The molecule has 0 aliphatic carbocycles. The summed E-state index contributed by atoms with van der Waals surface area (Å²) < 4.78 is 2.51. The van der Waals surface area contributed by atoms with Gasteiger partial charge in [-0.3, -0.25) is 0 Å². The van der Waals surface area contributed by atoms with Gasteiger partial charge in [0.15, 0.2) is 10.3 Å². The Balaban J connectivity index is 0.000000142. The molecule has 0 bridgehead atoms. The fourth-order valence-corrected chi connectivity index (χ4v) is 8.23. The number of aromatic nitrogens is 2. The average molecular weight is 660 g/mol. The van der Waals surface area contributed by atoms with Gasteiger partial charge < -0.3 is 19.6 Å². The van der Waals surface area contributed by atoms with Crippen LogP contribution in [0.2, 0.25) is 10.0 Å². The van der Waals surface area contributed by atoms with Crippen molar-refractivity contribution < 1.29 is 0 Å². The molecule has 0 spiro atoms. The van der Waals surface area contributed by atoms with Crippen LogP contribution in [0.15, 0.2) is 97.1 Å². The van der Waals surface area contributed by atoms with E-state index in [1.54, 1.807) is 22.7 Å². The van der Waals surface area contributed by atoms with Crippen LogP contribution in [0.3, 0.4) is 0 Å². The van der Waals surface area contributed by atoms with Crippen LogP contribution >= 0.6 is 45.9 Å². The summed E-state index contributed by atoms with van der Waals surface area (Å²) in [6, 6.07) is 32.8. The van der Waals surface area contributed by atoms with Gasteiger partial charge in [-0.1, -0.05) is 94.4 Å². The van der Waals surface area contributed by atoms with Crippen molar-refractivity contribution in [3.8, 4) is 0 Å². The Labute approximate surface area is 275 Å². The minimum absolute atomic E-state index is 0.830. The molecule has 0 unspecified atom stereocenters. The molecule has 2 fully saturated rings. The van der Waals surface area contributed by atoms with E-state index < -0.39 is 0 Å². The van der Waals surface area contributed by atoms with Gasteiger partial charge in [0.1, 0.15) is 0 Å². The molecule has 2 aromatic heterocycles. The summed E-state index contributed by atoms with van der Waals surface area (Å²) >= 11 is 16.1. The van der Waals surface area contributed by atoms with E-state index in [0.29, 0.717) is 0 Å². The van der Waals surface area contributed by atoms with Crippen LogP contribution in [-0.4, -0.2) is 62.3 Å². The van der Waals surface area contributed by atoms with Crippen molar-refractivity contribution in [3.05, 3.63) is 107 Å². The molecule has 224 valence electrons. The first-order valence-corrected chi connectivity index (χ1v) is 17.2. The molecule has 4 heterocycles. The Hall–Kier alpha value is -3.56. The summed E-state index contributed by atoms with van der Waals surface area (Å²) in [5.41, 5.74) is 4.45. The fraction of sp³-hybridized carbons (Fsp3) is 0.235. The normalized spacial score (nSPS) is 15.5. The van der Waals surface area contributed by atoms with Gasteiger partial charge in [0.2, 0.25) is 0 Å². The van der Waals surface area contributed by atoms with Crippen molar-refractivity contribution in [1.29, 1.82) is 0 Å². The number of benzene rings is 4. The molecular weight excluding hydrogens is 627 g/mol. The Morgan fingerprint density at radius 1 is 0.432 bits per heavy atom. The third kappa shape index (κ3) is 6.31. The average Bonchev–Trinajstić information content (AvgIpc) is 3.71. The molecule has 6 nitrogen and oxygen atoms in total. The van der Waals surface area contributed by atoms with Crippen LogP contribution < -0.4 is 19.6 Å². The van der Waals surface area contributed by atoms with Crippen LogP contribution in [0.5, 0.6) is 0 Å². The van der Waals surface area contributed by atoms with Gasteiger partial charge in [-0.2, -0.15) is 0 Å². The minimum Gasteiger partial charge on any atom is -0.367 e. The number of hydrogen-bond donors (Lipinski definition) is 0. The highest BCUT2D eigenvalue weighted by atomic mass is 35.5. The van der Waals surface area contributed by atoms with Crippen molar-refractivity contribution in [2.45, 2.75) is 0 Å². The van der Waals surface area contributed by atoms with Gasteiger partial charge >= 0.3 is 0 Å². The highest BCUT2D eigenvalue weighted by Gasteiger charge is 2.22. The standard InChI is InChI=1S/2C17H16ClN3S/c2*18-13-5-1-3-7-15(13)20-9-11-21(12-10-20)17-19-14-6-2-4-8-16(14)22-17/h2*1-8H,9-12H2. The maximum absolute atomic E-state index is 6.30. The van der Waals surface area contributed by atoms with Crippen molar-refractivity contribution in [3.63, 3.8) is 0 Å². The molecule has 0 N–H and O–H groups in total. The number of anilines is 4. The highest BCUT2D eigenvalue weighted by molar-refractivity contribution is 7.22. The number of rotatable bonds is 4. The van der Waals surface area contributed by atoms with Crippen LogP contribution in [0.4, 0.5) is 21.6 Å². The third-order valence-electron chi connectivity index (χ3n) is 8.05. The summed E-state index contributed by atoms with van der Waals surface area (Å²) in [5, 5.41) is 3.91. The SMILES string of the molecule is Clc1ccccc1N1CCN(c2nc3ccccc3s2)CC1.Clc1ccccc1N1CCN(c2nc3ccccc3s2)CC1. The zero-order valence-electron chi connectivity index (χ0n) is 24.2. The number of hydrogen-bond acceptors (Lipinski definition) is 8. The molecule has 44 heavy (non-hydrogen) atoms. The second kappa shape index (κ2) is 13.2. The lowest BCUT2D eigenvalue weighted by atomic mass is 10.2. The Bertz CT molecular complexity index is 1660. The molecule has 0 atom stereocenters. The van der Waals surface area contributed by atoms with Crippen LogP contribution in [0.25, 0.3) is 20.4 Å². The fourth-order valence-electron chi connectivity index (χ4n) is 5.68. The van der Waals surface area contributed by atoms with Gasteiger partial charge in [0, 0.05) is 52.4 Å². The van der Waals surface area contributed by atoms with Gasteiger partial charge in [-0.05, 0) is 48.5 Å². The summed E-state index contributed by atoms with van der Waals surface area (Å²) in [5.74, 6) is 0. The predicted molar refractivity (Wildman–Crippen MR) is 191 cm³/mol. The number of piperazine rings is 2. The number of halogens is 2. The number of para-hydroxylation sites is 4. The zero-order chi connectivity index (χ0) is 29.9. The van der Waals surface area contributed by atoms with E-state index >= 15 is 0 Å². The van der Waals surface area contributed by atoms with Crippen molar-refractivity contribution in [2.24, 2.45) is 0 Å². The molecule has 2 aliphatic heterocycles. The maximum atomic E-state index is 6.30. The quantitative estimate of drug-likeness (QED) is 0.189. The molecule has 4 aromatic carbocycles. The van der Waals surface area contributed by atoms with E-state index in [1.165, 1.54) is 9.40 Å². The lowest BCUT2D eigenvalue weighted by molar-refractivity contribution is 0.652. The molecule has 0 amide bonds. The largest absolute Gasteiger partial charge is 0.367 e. The van der Waals surface area contributed by atoms with Crippen LogP contribution in [0.1, 0.15) is 0 Å². The Morgan fingerprint density at radius 2 is 0.773 bits per heavy atom. The summed E-state index contributed by atoms with van der Waals surface area (Å²) in [4.78, 5) is 19.0. The molecule has 2 saturated heterocycles. The van der Waals surface area contributed by atoms with Crippen molar-refractivity contribution in [2.75, 3.05) is 72.0 Å². The molecule has 10 heteroatoms. The van der Waals surface area contributed by atoms with Crippen molar-refractivity contribution in [1.82, 2.24) is 9.97 Å². The first-order valence-electron chi connectivity index (χ1n) is 14.8. The van der Waals surface area contributed by atoms with Gasteiger partial charge in [-0.15, -0.1) is 0 Å². The number of nitrogens with zero attached hydrogens (tertiary/aromatic N) is 6. The second-order valence-electron chi connectivity index (χ2n) is 10.8. The second-order valence-corrected chi connectivity index (χ2v) is 13.6. The lowest BCUT2D eigenvalue weighted by Gasteiger charge is -2.36. The molecule has 2 aliphatic rings. The van der Waals surface area contributed by atoms with E-state index in [0.717, 1.165) is 95.1 Å². The van der Waals surface area contributed by atoms with E-state index in [-0.39, 0.29) is 0 Å². The number of thiazole rings is 2. The molecule has 0 saturated carbocycles. The molecule has 8 rings (SSSR count). The van der Waals surface area contributed by atoms with Crippen LogP contribution in [-0.2, 0) is 0 Å². The van der Waals surface area contributed by atoms with E-state index in [1.807, 2.05) is 48.5 Å². The minimum atomic E-state index is 0.830. The first kappa shape index (κ1) is 29.2. The summed E-state index contributed by atoms with van der Waals surface area (Å²) in [6.07, 6.45) is 0. The van der Waals surface area contributed by atoms with Crippen LogP contribution in [0, 0.1) is 0 Å². The predicted octanol–water partition coefficient (Wildman–Crippen LogP) is 8.55. The first-order chi connectivity index (χ1) is 21.6. The van der Waals surface area contributed by atoms with E-state index in [2.05, 4.69) is 68.1 Å². The maximum Gasteiger partial charge on any atom is 0.186 e. The zero-order valence-corrected chi connectivity index (χ0v) is 27.3. The van der Waals surface area contributed by atoms with E-state index in [9.17, 15) is 0 Å². The van der Waals surface area contributed by atoms with Gasteiger partial charge in [0.25, 0.3) is 0 Å². The third-order valence-corrected chi connectivity index (χ3v) is 10.9. The summed E-state index contributed by atoms with van der Waals surface area (Å²) in [7, 11) is 0. The van der Waals surface area contributed by atoms with Crippen molar-refractivity contribution >= 4 is 87.9 Å². The van der Waals surface area contributed by atoms with Gasteiger partial charge in [-0.25, -0.2) is 9.97 Å². The highest BCUT2D eigenvalue weighted by Crippen LogP contribution is 2.33. The Morgan fingerprint density at radius 3 is 1.16 bits per heavy atom. The molecule has 0 radical (unpaired) electrons. The smallest absolute Gasteiger partial charge is 0.186 e.